The van der Waals surface area contributed by atoms with E-state index in [0.29, 0.717) is 12.8 Å². The van der Waals surface area contributed by atoms with E-state index in [9.17, 15) is 14.7 Å². The first-order chi connectivity index (χ1) is 21.4. The van der Waals surface area contributed by atoms with Gasteiger partial charge in [-0.1, -0.05) is 182 Å². The third-order valence-electron chi connectivity index (χ3n) is 9.48. The largest absolute Gasteiger partial charge is 0.462 e. The van der Waals surface area contributed by atoms with Crippen LogP contribution in [0.5, 0.6) is 0 Å². The van der Waals surface area contributed by atoms with Crippen LogP contribution in [0.15, 0.2) is 0 Å². The van der Waals surface area contributed by atoms with Crippen LogP contribution >= 0.6 is 0 Å². The third kappa shape index (κ3) is 30.9. The lowest BCUT2D eigenvalue weighted by molar-refractivity contribution is -0.161. The Labute approximate surface area is 274 Å². The predicted molar refractivity (Wildman–Crippen MR) is 187 cm³/mol. The first kappa shape index (κ1) is 42.9. The third-order valence-corrected chi connectivity index (χ3v) is 9.48. The van der Waals surface area contributed by atoms with Gasteiger partial charge < -0.3 is 14.6 Å². The summed E-state index contributed by atoms with van der Waals surface area (Å²) in [7, 11) is 0. The molecular formula is C39H76O5. The molecule has 2 unspecified atom stereocenters. The molecule has 0 rings (SSSR count). The Bertz CT molecular complexity index is 622. The Balaban J connectivity index is 3.52. The molecule has 1 N–H and O–H groups in total. The lowest BCUT2D eigenvalue weighted by Crippen LogP contribution is -2.28. The summed E-state index contributed by atoms with van der Waals surface area (Å²) in [6.45, 7) is 8.89. The summed E-state index contributed by atoms with van der Waals surface area (Å²) in [4.78, 5) is 24.2. The van der Waals surface area contributed by atoms with Crippen molar-refractivity contribution in [2.45, 2.75) is 214 Å². The van der Waals surface area contributed by atoms with Crippen molar-refractivity contribution in [3.05, 3.63) is 0 Å². The lowest BCUT2D eigenvalue weighted by Gasteiger charge is -2.15. The van der Waals surface area contributed by atoms with E-state index < -0.39 is 6.10 Å². The van der Waals surface area contributed by atoms with E-state index in [0.717, 1.165) is 50.4 Å². The lowest BCUT2D eigenvalue weighted by atomic mass is 9.99. The molecule has 0 aromatic carbocycles. The van der Waals surface area contributed by atoms with Crippen molar-refractivity contribution in [1.82, 2.24) is 0 Å². The van der Waals surface area contributed by atoms with E-state index in [1.165, 1.54) is 128 Å². The summed E-state index contributed by atoms with van der Waals surface area (Å²) in [6.07, 6.45) is 32.9. The number of ether oxygens (including phenoxy) is 2. The average molecular weight is 625 g/mol. The quantitative estimate of drug-likeness (QED) is 0.0569. The minimum Gasteiger partial charge on any atom is -0.462 e. The number of carbonyl (C=O) groups is 2. The molecular weight excluding hydrogens is 548 g/mol. The summed E-state index contributed by atoms with van der Waals surface area (Å²) >= 11 is 0. The van der Waals surface area contributed by atoms with Gasteiger partial charge in [0.1, 0.15) is 6.61 Å². The van der Waals surface area contributed by atoms with E-state index in [1.54, 1.807) is 0 Å². The Morgan fingerprint density at radius 3 is 1.16 bits per heavy atom. The molecule has 0 amide bonds. The first-order valence-electron chi connectivity index (χ1n) is 19.4. The van der Waals surface area contributed by atoms with Crippen molar-refractivity contribution in [1.29, 1.82) is 0 Å². The van der Waals surface area contributed by atoms with Gasteiger partial charge in [-0.05, 0) is 24.7 Å². The van der Waals surface area contributed by atoms with Gasteiger partial charge in [-0.2, -0.15) is 0 Å². The molecule has 0 bridgehead atoms. The van der Waals surface area contributed by atoms with Gasteiger partial charge in [0.15, 0.2) is 6.10 Å². The van der Waals surface area contributed by atoms with E-state index >= 15 is 0 Å². The topological polar surface area (TPSA) is 72.8 Å². The average Bonchev–Trinajstić information content (AvgIpc) is 3.03. The first-order valence-corrected chi connectivity index (χ1v) is 19.4. The fraction of sp³-hybridized carbons (Fsp3) is 0.949. The zero-order chi connectivity index (χ0) is 32.5. The maximum Gasteiger partial charge on any atom is 0.306 e. The van der Waals surface area contributed by atoms with Gasteiger partial charge in [-0.3, -0.25) is 9.59 Å². The van der Waals surface area contributed by atoms with Gasteiger partial charge in [0.05, 0.1) is 6.61 Å². The summed E-state index contributed by atoms with van der Waals surface area (Å²) < 4.78 is 10.6. The maximum absolute atomic E-state index is 12.2. The van der Waals surface area contributed by atoms with Crippen molar-refractivity contribution in [2.75, 3.05) is 13.2 Å². The number of unbranched alkanes of at least 4 members (excludes halogenated alkanes) is 20. The highest BCUT2D eigenvalue weighted by atomic mass is 16.6. The summed E-state index contributed by atoms with van der Waals surface area (Å²) in [6, 6.07) is 0. The van der Waals surface area contributed by atoms with E-state index in [4.69, 9.17) is 9.47 Å². The highest BCUT2D eigenvalue weighted by Crippen LogP contribution is 2.17. The highest BCUT2D eigenvalue weighted by molar-refractivity contribution is 5.70. The van der Waals surface area contributed by atoms with Crippen LogP contribution in [0.25, 0.3) is 0 Å². The van der Waals surface area contributed by atoms with Gasteiger partial charge in [-0.25, -0.2) is 0 Å². The predicted octanol–water partition coefficient (Wildman–Crippen LogP) is 11.7. The molecule has 5 heteroatoms. The molecule has 0 aliphatic rings. The van der Waals surface area contributed by atoms with Crippen LogP contribution in [-0.2, 0) is 19.1 Å². The van der Waals surface area contributed by atoms with Crippen LogP contribution in [0.1, 0.15) is 207 Å². The SMILES string of the molecule is CCC(C)CCCCCCCCCCCCCCCCC(=O)O[C@@H](CO)COC(=O)CCCCCCCCCCC(C)CC. The molecule has 0 aromatic heterocycles. The molecule has 3 atom stereocenters. The van der Waals surface area contributed by atoms with Crippen molar-refractivity contribution in [3.8, 4) is 0 Å². The number of hydrogen-bond donors (Lipinski definition) is 1. The second-order valence-corrected chi connectivity index (χ2v) is 13.9. The number of esters is 2. The molecule has 262 valence electrons. The fourth-order valence-electron chi connectivity index (χ4n) is 5.74. The molecule has 0 heterocycles. The minimum atomic E-state index is -0.763. The van der Waals surface area contributed by atoms with Crippen molar-refractivity contribution in [3.63, 3.8) is 0 Å². The van der Waals surface area contributed by atoms with E-state index in [-0.39, 0.29) is 25.2 Å². The number of carbonyl (C=O) groups excluding carboxylic acids is 2. The maximum atomic E-state index is 12.2. The van der Waals surface area contributed by atoms with Crippen molar-refractivity contribution < 1.29 is 24.2 Å². The van der Waals surface area contributed by atoms with E-state index in [1.807, 2.05) is 0 Å². The van der Waals surface area contributed by atoms with Crippen LogP contribution in [0.2, 0.25) is 0 Å². The Kier molecular flexibility index (Phi) is 32.4. The fourth-order valence-corrected chi connectivity index (χ4v) is 5.74. The molecule has 0 fully saturated rings. The van der Waals surface area contributed by atoms with Gasteiger partial charge in [-0.15, -0.1) is 0 Å². The summed E-state index contributed by atoms with van der Waals surface area (Å²) in [5, 5.41) is 9.54. The van der Waals surface area contributed by atoms with Gasteiger partial charge >= 0.3 is 11.9 Å². The van der Waals surface area contributed by atoms with Crippen molar-refractivity contribution in [2.24, 2.45) is 11.8 Å². The molecule has 0 saturated carbocycles. The molecule has 0 aliphatic carbocycles. The molecule has 0 spiro atoms. The van der Waals surface area contributed by atoms with Crippen LogP contribution in [0, 0.1) is 11.8 Å². The summed E-state index contributed by atoms with van der Waals surface area (Å²) in [5.74, 6) is 1.18. The summed E-state index contributed by atoms with van der Waals surface area (Å²) in [5.41, 5.74) is 0. The molecule has 0 aromatic rings. The number of aliphatic hydroxyl groups is 1. The Morgan fingerprint density at radius 2 is 0.818 bits per heavy atom. The molecule has 5 nitrogen and oxygen atoms in total. The monoisotopic (exact) mass is 625 g/mol. The van der Waals surface area contributed by atoms with Gasteiger partial charge in [0, 0.05) is 12.8 Å². The molecule has 44 heavy (non-hydrogen) atoms. The van der Waals surface area contributed by atoms with E-state index in [2.05, 4.69) is 27.7 Å². The smallest absolute Gasteiger partial charge is 0.306 e. The number of rotatable bonds is 34. The normalized spacial score (nSPS) is 13.5. The second kappa shape index (κ2) is 33.3. The van der Waals surface area contributed by atoms with Crippen LogP contribution in [-0.4, -0.2) is 36.4 Å². The van der Waals surface area contributed by atoms with Crippen molar-refractivity contribution >= 4 is 11.9 Å². The molecule has 0 aliphatic heterocycles. The standard InChI is InChI=1S/C39H76O5/c1-5-35(3)29-25-21-17-13-11-9-7-8-10-12-14-20-24-28-32-39(42)44-37(33-40)34-43-38(41)31-27-23-19-16-15-18-22-26-30-36(4)6-2/h35-37,40H,5-34H2,1-4H3/t35?,36?,37-/m0/s1. The van der Waals surface area contributed by atoms with Crippen LogP contribution < -0.4 is 0 Å². The van der Waals surface area contributed by atoms with Gasteiger partial charge in [0.25, 0.3) is 0 Å². The van der Waals surface area contributed by atoms with Gasteiger partial charge in [0.2, 0.25) is 0 Å². The number of aliphatic hydroxyl groups excluding tert-OH is 1. The molecule has 0 radical (unpaired) electrons. The zero-order valence-corrected chi connectivity index (χ0v) is 30.0. The zero-order valence-electron chi connectivity index (χ0n) is 30.0. The highest BCUT2D eigenvalue weighted by Gasteiger charge is 2.16. The Hall–Kier alpha value is -1.10. The second-order valence-electron chi connectivity index (χ2n) is 13.9. The molecule has 0 saturated heterocycles. The van der Waals surface area contributed by atoms with Crippen LogP contribution in [0.4, 0.5) is 0 Å². The minimum absolute atomic E-state index is 0.0594. The Morgan fingerprint density at radius 1 is 0.500 bits per heavy atom. The van der Waals surface area contributed by atoms with Crippen LogP contribution in [0.3, 0.4) is 0 Å². The number of hydrogen-bond acceptors (Lipinski definition) is 5.